The quantitative estimate of drug-likeness (QED) is 0.678. The maximum absolute atomic E-state index is 9.66. The lowest BCUT2D eigenvalue weighted by Crippen LogP contribution is -2.43. The molecule has 0 aromatic carbocycles. The second-order valence-corrected chi connectivity index (χ2v) is 3.82. The van der Waals surface area contributed by atoms with E-state index in [4.69, 9.17) is 9.84 Å². The number of ether oxygens (including phenoxy) is 1. The van der Waals surface area contributed by atoms with Crippen molar-refractivity contribution in [1.82, 2.24) is 0 Å². The lowest BCUT2D eigenvalue weighted by Gasteiger charge is -2.32. The minimum absolute atomic E-state index is 0.191. The number of rotatable bonds is 5. The van der Waals surface area contributed by atoms with Gasteiger partial charge in [0.05, 0.1) is 12.2 Å². The molecule has 0 bridgehead atoms. The van der Waals surface area contributed by atoms with Crippen molar-refractivity contribution in [2.75, 3.05) is 13.2 Å². The van der Waals surface area contributed by atoms with Gasteiger partial charge in [-0.05, 0) is 19.3 Å². The standard InChI is InChI=1S/C10H20O3/c1-2-3-5-10(9(12)8-11)6-4-7-13-10/h9,11-12H,2-8H2,1H3/t9-,10+/m0/s1. The summed E-state index contributed by atoms with van der Waals surface area (Å²) < 4.78 is 5.59. The third-order valence-corrected chi connectivity index (χ3v) is 2.87. The number of hydrogen-bond donors (Lipinski definition) is 2. The van der Waals surface area contributed by atoms with Crippen molar-refractivity contribution >= 4 is 0 Å². The Labute approximate surface area is 79.7 Å². The molecule has 0 saturated carbocycles. The topological polar surface area (TPSA) is 49.7 Å². The van der Waals surface area contributed by atoms with Crippen LogP contribution in [0.4, 0.5) is 0 Å². The van der Waals surface area contributed by atoms with Gasteiger partial charge in [-0.1, -0.05) is 19.8 Å². The fraction of sp³-hybridized carbons (Fsp3) is 1.00. The minimum atomic E-state index is -0.707. The third kappa shape index (κ3) is 2.42. The zero-order chi connectivity index (χ0) is 9.73. The normalized spacial score (nSPS) is 30.7. The zero-order valence-corrected chi connectivity index (χ0v) is 8.33. The van der Waals surface area contributed by atoms with E-state index >= 15 is 0 Å². The Hall–Kier alpha value is -0.120. The van der Waals surface area contributed by atoms with Crippen molar-refractivity contribution in [2.24, 2.45) is 0 Å². The molecule has 1 aliphatic heterocycles. The van der Waals surface area contributed by atoms with Gasteiger partial charge >= 0.3 is 0 Å². The molecule has 1 aliphatic rings. The Bertz CT molecular complexity index is 141. The van der Waals surface area contributed by atoms with E-state index in [0.29, 0.717) is 0 Å². The van der Waals surface area contributed by atoms with Gasteiger partial charge in [-0.3, -0.25) is 0 Å². The van der Waals surface area contributed by atoms with Gasteiger partial charge in [-0.15, -0.1) is 0 Å². The SMILES string of the molecule is CCCC[C@]1([C@@H](O)CO)CCCO1. The fourth-order valence-corrected chi connectivity index (χ4v) is 1.99. The Morgan fingerprint density at radius 1 is 1.54 bits per heavy atom. The summed E-state index contributed by atoms with van der Waals surface area (Å²) in [5.41, 5.74) is -0.440. The molecule has 0 unspecified atom stereocenters. The lowest BCUT2D eigenvalue weighted by molar-refractivity contribution is -0.112. The largest absolute Gasteiger partial charge is 0.394 e. The summed E-state index contributed by atoms with van der Waals surface area (Å²) in [6.45, 7) is 2.65. The van der Waals surface area contributed by atoms with E-state index in [1.54, 1.807) is 0 Å². The molecule has 0 aromatic rings. The van der Waals surface area contributed by atoms with Crippen LogP contribution in [-0.4, -0.2) is 35.1 Å². The van der Waals surface area contributed by atoms with E-state index in [-0.39, 0.29) is 6.61 Å². The van der Waals surface area contributed by atoms with Crippen LogP contribution >= 0.6 is 0 Å². The Morgan fingerprint density at radius 2 is 2.31 bits per heavy atom. The van der Waals surface area contributed by atoms with Crippen molar-refractivity contribution in [3.8, 4) is 0 Å². The first-order chi connectivity index (χ1) is 6.25. The second kappa shape index (κ2) is 4.94. The molecular formula is C10H20O3. The molecule has 1 rings (SSSR count). The van der Waals surface area contributed by atoms with E-state index in [1.165, 1.54) is 0 Å². The molecule has 1 heterocycles. The molecule has 78 valence electrons. The van der Waals surface area contributed by atoms with Crippen molar-refractivity contribution in [3.63, 3.8) is 0 Å². The summed E-state index contributed by atoms with van der Waals surface area (Å²) in [6.07, 6.45) is 4.20. The van der Waals surface area contributed by atoms with Crippen LogP contribution in [0, 0.1) is 0 Å². The first kappa shape index (κ1) is 11.0. The van der Waals surface area contributed by atoms with E-state index in [0.717, 1.165) is 38.7 Å². The van der Waals surface area contributed by atoms with Crippen LogP contribution in [0.3, 0.4) is 0 Å². The summed E-state index contributed by atoms with van der Waals surface area (Å²) in [6, 6.07) is 0. The molecule has 0 spiro atoms. The van der Waals surface area contributed by atoms with Gasteiger partial charge in [0.15, 0.2) is 0 Å². The van der Waals surface area contributed by atoms with Gasteiger partial charge in [-0.25, -0.2) is 0 Å². The molecule has 13 heavy (non-hydrogen) atoms. The molecule has 0 aromatic heterocycles. The maximum Gasteiger partial charge on any atom is 0.106 e. The average Bonchev–Trinajstić information content (AvgIpc) is 2.63. The van der Waals surface area contributed by atoms with Crippen molar-refractivity contribution in [2.45, 2.75) is 50.7 Å². The highest BCUT2D eigenvalue weighted by atomic mass is 16.5. The molecular weight excluding hydrogens is 168 g/mol. The van der Waals surface area contributed by atoms with E-state index < -0.39 is 11.7 Å². The second-order valence-electron chi connectivity index (χ2n) is 3.82. The molecule has 2 atom stereocenters. The van der Waals surface area contributed by atoms with Crippen molar-refractivity contribution < 1.29 is 14.9 Å². The fourth-order valence-electron chi connectivity index (χ4n) is 1.99. The Morgan fingerprint density at radius 3 is 2.77 bits per heavy atom. The third-order valence-electron chi connectivity index (χ3n) is 2.87. The number of hydrogen-bond acceptors (Lipinski definition) is 3. The minimum Gasteiger partial charge on any atom is -0.394 e. The van der Waals surface area contributed by atoms with Crippen LogP contribution in [0.1, 0.15) is 39.0 Å². The van der Waals surface area contributed by atoms with Gasteiger partial charge < -0.3 is 14.9 Å². The average molecular weight is 188 g/mol. The highest BCUT2D eigenvalue weighted by molar-refractivity contribution is 4.91. The number of unbranched alkanes of at least 4 members (excludes halogenated alkanes) is 1. The number of aliphatic hydroxyl groups is 2. The molecule has 0 amide bonds. The van der Waals surface area contributed by atoms with Gasteiger partial charge in [0.1, 0.15) is 6.10 Å². The predicted octanol–water partition coefficient (Wildman–Crippen LogP) is 1.08. The molecule has 3 nitrogen and oxygen atoms in total. The van der Waals surface area contributed by atoms with Gasteiger partial charge in [0, 0.05) is 6.61 Å². The Balaban J connectivity index is 2.52. The van der Waals surface area contributed by atoms with Crippen molar-refractivity contribution in [1.29, 1.82) is 0 Å². The predicted molar refractivity (Wildman–Crippen MR) is 50.5 cm³/mol. The smallest absolute Gasteiger partial charge is 0.106 e. The van der Waals surface area contributed by atoms with Crippen LogP contribution in [0.5, 0.6) is 0 Å². The maximum atomic E-state index is 9.66. The van der Waals surface area contributed by atoms with Crippen LogP contribution in [0.2, 0.25) is 0 Å². The van der Waals surface area contributed by atoms with E-state index in [2.05, 4.69) is 6.92 Å². The highest BCUT2D eigenvalue weighted by Gasteiger charge is 2.40. The van der Waals surface area contributed by atoms with Gasteiger partial charge in [0.25, 0.3) is 0 Å². The summed E-state index contributed by atoms with van der Waals surface area (Å²) in [7, 11) is 0. The van der Waals surface area contributed by atoms with E-state index in [9.17, 15) is 5.11 Å². The summed E-state index contributed by atoms with van der Waals surface area (Å²) >= 11 is 0. The number of aliphatic hydroxyl groups excluding tert-OH is 2. The van der Waals surface area contributed by atoms with Crippen molar-refractivity contribution in [3.05, 3.63) is 0 Å². The first-order valence-corrected chi connectivity index (χ1v) is 5.18. The van der Waals surface area contributed by atoms with Crippen LogP contribution in [0.25, 0.3) is 0 Å². The first-order valence-electron chi connectivity index (χ1n) is 5.18. The molecule has 0 aliphatic carbocycles. The molecule has 3 heteroatoms. The van der Waals surface area contributed by atoms with E-state index in [1.807, 2.05) is 0 Å². The van der Waals surface area contributed by atoms with Gasteiger partial charge in [0.2, 0.25) is 0 Å². The monoisotopic (exact) mass is 188 g/mol. The van der Waals surface area contributed by atoms with Crippen LogP contribution < -0.4 is 0 Å². The van der Waals surface area contributed by atoms with Crippen LogP contribution in [-0.2, 0) is 4.74 Å². The lowest BCUT2D eigenvalue weighted by atomic mass is 9.88. The molecule has 1 saturated heterocycles. The summed E-state index contributed by atoms with van der Waals surface area (Å²) in [5.74, 6) is 0. The highest BCUT2D eigenvalue weighted by Crippen LogP contribution is 2.33. The Kier molecular flexibility index (Phi) is 4.16. The molecule has 2 N–H and O–H groups in total. The molecule has 0 radical (unpaired) electrons. The summed E-state index contributed by atoms with van der Waals surface area (Å²) in [4.78, 5) is 0. The molecule has 1 fully saturated rings. The van der Waals surface area contributed by atoms with Gasteiger partial charge in [-0.2, -0.15) is 0 Å². The summed E-state index contributed by atoms with van der Waals surface area (Å²) in [5, 5.41) is 18.6. The van der Waals surface area contributed by atoms with Crippen LogP contribution in [0.15, 0.2) is 0 Å². The zero-order valence-electron chi connectivity index (χ0n) is 8.33.